The number of carbonyl (C=O) groups is 5. The highest BCUT2D eigenvalue weighted by Gasteiger charge is 2.43. The minimum Gasteiger partial charge on any atom is -0.353 e. The third-order valence-electron chi connectivity index (χ3n) is 7.51. The molecule has 4 N–H and O–H groups in total. The lowest BCUT2D eigenvalue weighted by molar-refractivity contribution is -0.143. The van der Waals surface area contributed by atoms with Crippen LogP contribution in [0.5, 0.6) is 0 Å². The first-order valence-electron chi connectivity index (χ1n) is 14.5. The topological polar surface area (TPSA) is 174 Å². The van der Waals surface area contributed by atoms with Crippen LogP contribution in [0.4, 0.5) is 4.79 Å². The average Bonchev–Trinajstić information content (AvgIpc) is 3.36. The summed E-state index contributed by atoms with van der Waals surface area (Å²) in [5.74, 6) is -2.50. The molecule has 1 unspecified atom stereocenters. The minimum atomic E-state index is -3.49. The molecule has 1 saturated heterocycles. The number of amides is 5. The van der Waals surface area contributed by atoms with Crippen LogP contribution in [0.1, 0.15) is 80.6 Å². The van der Waals surface area contributed by atoms with Gasteiger partial charge in [-0.2, -0.15) is 0 Å². The van der Waals surface area contributed by atoms with E-state index in [1.165, 1.54) is 19.0 Å². The monoisotopic (exact) mass is 616 g/mol. The molecule has 0 aromatic rings. The zero-order valence-corrected chi connectivity index (χ0v) is 27.7. The van der Waals surface area contributed by atoms with Crippen LogP contribution in [-0.4, -0.2) is 105 Å². The smallest absolute Gasteiger partial charge is 0.315 e. The second-order valence-corrected chi connectivity index (χ2v) is 15.3. The average molecular weight is 617 g/mol. The van der Waals surface area contributed by atoms with Crippen LogP contribution in [0, 0.1) is 10.8 Å². The Labute approximate surface area is 251 Å². The van der Waals surface area contributed by atoms with Crippen LogP contribution in [0.15, 0.2) is 0 Å². The quantitative estimate of drug-likeness (QED) is 0.223. The normalized spacial score (nSPS) is 18.2. The van der Waals surface area contributed by atoms with Gasteiger partial charge < -0.3 is 26.2 Å². The van der Waals surface area contributed by atoms with Crippen molar-refractivity contribution in [3.05, 3.63) is 0 Å². The van der Waals surface area contributed by atoms with Gasteiger partial charge >= 0.3 is 6.03 Å². The molecule has 0 aromatic carbocycles. The first kappa shape index (κ1) is 37.3. The van der Waals surface area contributed by atoms with Crippen molar-refractivity contribution in [2.24, 2.45) is 10.8 Å². The molecule has 14 heteroatoms. The summed E-state index contributed by atoms with van der Waals surface area (Å²) in [4.78, 5) is 66.4. The van der Waals surface area contributed by atoms with Crippen molar-refractivity contribution in [3.63, 3.8) is 0 Å². The van der Waals surface area contributed by atoms with Crippen LogP contribution in [-0.2, 0) is 29.2 Å². The number of hydrogen-bond acceptors (Lipinski definition) is 7. The molecule has 1 rings (SSSR count). The number of rotatable bonds is 13. The maximum atomic E-state index is 13.9. The van der Waals surface area contributed by atoms with Gasteiger partial charge in [0.1, 0.15) is 12.1 Å². The van der Waals surface area contributed by atoms with Gasteiger partial charge in [-0.1, -0.05) is 61.3 Å². The Morgan fingerprint density at radius 2 is 1.57 bits per heavy atom. The zero-order chi connectivity index (χ0) is 32.6. The molecule has 0 spiro atoms. The minimum absolute atomic E-state index is 0.0340. The van der Waals surface area contributed by atoms with Crippen LogP contribution < -0.4 is 21.3 Å². The molecule has 242 valence electrons. The molecule has 0 aliphatic carbocycles. The molecule has 1 aliphatic rings. The van der Waals surface area contributed by atoms with Crippen molar-refractivity contribution in [3.8, 4) is 0 Å². The molecule has 0 radical (unpaired) electrons. The standard InChI is InChI=1S/C28H52N6O7S/c1-11-12-14-18(21(35)24(37)29-8)30-23(36)19-15-13-16-34(19)25(38)22(28(5,6)7)32-26(39)31-20(27(2,3)4)17-33(9)42(10,40)41/h18-20,22H,11-17H2,1-10H3,(H,29,37)(H,30,36)(H2,31,32,39)/t18?,19-,20+,22+/m0/s1. The lowest BCUT2D eigenvalue weighted by Gasteiger charge is -2.37. The van der Waals surface area contributed by atoms with E-state index in [2.05, 4.69) is 21.3 Å². The van der Waals surface area contributed by atoms with Crippen molar-refractivity contribution < 1.29 is 32.4 Å². The zero-order valence-electron chi connectivity index (χ0n) is 26.9. The van der Waals surface area contributed by atoms with Crippen LogP contribution in [0.25, 0.3) is 0 Å². The molecular weight excluding hydrogens is 564 g/mol. The summed E-state index contributed by atoms with van der Waals surface area (Å²) >= 11 is 0. The molecule has 42 heavy (non-hydrogen) atoms. The maximum absolute atomic E-state index is 13.9. The van der Waals surface area contributed by atoms with Gasteiger partial charge in [-0.15, -0.1) is 0 Å². The number of nitrogens with zero attached hydrogens (tertiary/aromatic N) is 2. The van der Waals surface area contributed by atoms with Crippen molar-refractivity contribution in [1.29, 1.82) is 0 Å². The van der Waals surface area contributed by atoms with Gasteiger partial charge in [0, 0.05) is 33.2 Å². The highest BCUT2D eigenvalue weighted by Crippen LogP contribution is 2.27. The number of hydrogen-bond donors (Lipinski definition) is 4. The summed E-state index contributed by atoms with van der Waals surface area (Å²) in [5.41, 5.74) is -1.24. The third kappa shape index (κ3) is 10.8. The number of unbranched alkanes of at least 4 members (excludes halogenated alkanes) is 1. The fourth-order valence-electron chi connectivity index (χ4n) is 4.60. The molecule has 1 heterocycles. The summed E-state index contributed by atoms with van der Waals surface area (Å²) in [6, 6.07) is -4.09. The van der Waals surface area contributed by atoms with Gasteiger partial charge in [0.15, 0.2) is 0 Å². The summed E-state index contributed by atoms with van der Waals surface area (Å²) in [7, 11) is -0.705. The number of carbonyl (C=O) groups excluding carboxylic acids is 5. The van der Waals surface area contributed by atoms with Gasteiger partial charge in [-0.25, -0.2) is 17.5 Å². The molecule has 1 aliphatic heterocycles. The predicted octanol–water partition coefficient (Wildman–Crippen LogP) is 0.988. The molecule has 0 saturated carbocycles. The molecule has 13 nitrogen and oxygen atoms in total. The van der Waals surface area contributed by atoms with E-state index in [-0.39, 0.29) is 6.54 Å². The summed E-state index contributed by atoms with van der Waals surface area (Å²) in [6.45, 7) is 13.3. The Kier molecular flexibility index (Phi) is 13.4. The van der Waals surface area contributed by atoms with Crippen LogP contribution in [0.2, 0.25) is 0 Å². The van der Waals surface area contributed by atoms with Crippen LogP contribution in [0.3, 0.4) is 0 Å². The van der Waals surface area contributed by atoms with Gasteiger partial charge in [-0.05, 0) is 30.1 Å². The maximum Gasteiger partial charge on any atom is 0.315 e. The van der Waals surface area contributed by atoms with Crippen LogP contribution >= 0.6 is 0 Å². The largest absolute Gasteiger partial charge is 0.353 e. The molecule has 4 atom stereocenters. The summed E-state index contributed by atoms with van der Waals surface area (Å²) in [6.07, 6.45) is 3.71. The predicted molar refractivity (Wildman–Crippen MR) is 161 cm³/mol. The van der Waals surface area contributed by atoms with Crippen molar-refractivity contribution in [1.82, 2.24) is 30.5 Å². The fourth-order valence-corrected chi connectivity index (χ4v) is 5.02. The first-order chi connectivity index (χ1) is 19.1. The van der Waals surface area contributed by atoms with E-state index in [4.69, 9.17) is 0 Å². The number of nitrogens with one attached hydrogen (secondary N) is 4. The fraction of sp³-hybridized carbons (Fsp3) is 0.821. The van der Waals surface area contributed by atoms with Crippen molar-refractivity contribution >= 4 is 39.6 Å². The van der Waals surface area contributed by atoms with Gasteiger partial charge in [0.2, 0.25) is 27.6 Å². The van der Waals surface area contributed by atoms with E-state index in [1.807, 2.05) is 27.7 Å². The lowest BCUT2D eigenvalue weighted by Crippen LogP contribution is -2.61. The second-order valence-electron chi connectivity index (χ2n) is 13.2. The van der Waals surface area contributed by atoms with E-state index in [1.54, 1.807) is 20.8 Å². The Morgan fingerprint density at radius 1 is 0.976 bits per heavy atom. The Hall–Kier alpha value is -2.74. The number of likely N-dealkylation sites (tertiary alicyclic amines) is 1. The van der Waals surface area contributed by atoms with Crippen molar-refractivity contribution in [2.75, 3.05) is 33.4 Å². The van der Waals surface area contributed by atoms with Gasteiger partial charge in [0.25, 0.3) is 5.91 Å². The van der Waals surface area contributed by atoms with Crippen molar-refractivity contribution in [2.45, 2.75) is 105 Å². The SMILES string of the molecule is CCCCC(NC(=O)[C@@H]1CCCN1C(=O)[C@@H](NC(=O)N[C@H](CN(C)S(C)(=O)=O)C(C)(C)C)C(C)(C)C)C(=O)C(=O)NC. The molecule has 1 fully saturated rings. The van der Waals surface area contributed by atoms with E-state index in [9.17, 15) is 32.4 Å². The second kappa shape index (κ2) is 15.1. The van der Waals surface area contributed by atoms with E-state index >= 15 is 0 Å². The van der Waals surface area contributed by atoms with Gasteiger partial charge in [-0.3, -0.25) is 19.2 Å². The first-order valence-corrected chi connectivity index (χ1v) is 16.3. The molecule has 0 bridgehead atoms. The summed E-state index contributed by atoms with van der Waals surface area (Å²) in [5, 5.41) is 10.6. The highest BCUT2D eigenvalue weighted by molar-refractivity contribution is 7.88. The number of Topliss-reactive ketones (excluding diaryl/α,β-unsaturated/α-hetero) is 1. The molecular formula is C28H52N6O7S. The highest BCUT2D eigenvalue weighted by atomic mass is 32.2. The van der Waals surface area contributed by atoms with E-state index < -0.39 is 74.6 Å². The van der Waals surface area contributed by atoms with E-state index in [0.717, 1.165) is 17.0 Å². The number of urea groups is 1. The Balaban J connectivity index is 3.15. The molecule has 0 aromatic heterocycles. The summed E-state index contributed by atoms with van der Waals surface area (Å²) < 4.78 is 25.1. The number of sulfonamides is 1. The van der Waals surface area contributed by atoms with E-state index in [0.29, 0.717) is 32.2 Å². The third-order valence-corrected chi connectivity index (χ3v) is 8.80. The Morgan fingerprint density at radius 3 is 2.05 bits per heavy atom. The Bertz CT molecular complexity index is 1100. The number of likely N-dealkylation sites (N-methyl/N-ethyl adjacent to an activating group) is 2. The molecule has 5 amide bonds. The lowest BCUT2D eigenvalue weighted by atomic mass is 9.85. The number of ketones is 1. The van der Waals surface area contributed by atoms with Gasteiger partial charge in [0.05, 0.1) is 12.3 Å².